The van der Waals surface area contributed by atoms with Crippen molar-refractivity contribution in [1.29, 1.82) is 0 Å². The molecule has 15 heavy (non-hydrogen) atoms. The molecule has 0 bridgehead atoms. The zero-order valence-corrected chi connectivity index (χ0v) is 7.92. The number of benzene rings is 1. The molecule has 1 aromatic carbocycles. The Labute approximate surface area is 86.4 Å². The normalized spacial score (nSPS) is 13.1. The van der Waals surface area contributed by atoms with Crippen molar-refractivity contribution in [2.75, 3.05) is 0 Å². The summed E-state index contributed by atoms with van der Waals surface area (Å²) in [5.74, 6) is -0.957. The third-order valence-electron chi connectivity index (χ3n) is 2.09. The van der Waals surface area contributed by atoms with Gasteiger partial charge in [-0.1, -0.05) is 30.4 Å². The van der Waals surface area contributed by atoms with E-state index in [0.717, 1.165) is 5.22 Å². The fourth-order valence-corrected chi connectivity index (χ4v) is 1.40. The average molecular weight is 199 g/mol. The number of hydrogen-bond donors (Lipinski definition) is 1. The molecular formula is C12H9NO2. The smallest absolute Gasteiger partial charge is 0.337 e. The second-order valence-corrected chi connectivity index (χ2v) is 3.07. The summed E-state index contributed by atoms with van der Waals surface area (Å²) in [4.78, 5) is 15.1. The summed E-state index contributed by atoms with van der Waals surface area (Å²) in [5, 5.41) is 10.3. The molecule has 0 spiro atoms. The summed E-state index contributed by atoms with van der Waals surface area (Å²) in [5.41, 5.74) is 0.226. The number of fused-ring (bicyclic) bond motifs is 1. The largest absolute Gasteiger partial charge is 0.478 e. The van der Waals surface area contributed by atoms with E-state index in [1.54, 1.807) is 24.4 Å². The number of para-hydroxylation sites is 1. The van der Waals surface area contributed by atoms with Crippen molar-refractivity contribution in [2.24, 2.45) is 4.99 Å². The predicted molar refractivity (Wildman–Crippen MR) is 56.9 cm³/mol. The first-order valence-electron chi connectivity index (χ1n) is 4.53. The van der Waals surface area contributed by atoms with E-state index in [2.05, 4.69) is 4.99 Å². The highest BCUT2D eigenvalue weighted by Crippen LogP contribution is 1.90. The zero-order valence-electron chi connectivity index (χ0n) is 7.92. The predicted octanol–water partition coefficient (Wildman–Crippen LogP) is 0.868. The maximum Gasteiger partial charge on any atom is 0.337 e. The standard InChI is InChI=1S/C12H9NO2/c14-12(15)10-7-4-6-9-5-2-1-3-8-13-11(9)10/h1-8H,(H,14,15). The van der Waals surface area contributed by atoms with Crippen LogP contribution in [0.3, 0.4) is 0 Å². The van der Waals surface area contributed by atoms with Crippen LogP contribution < -0.4 is 10.6 Å². The van der Waals surface area contributed by atoms with Gasteiger partial charge in [-0.2, -0.15) is 0 Å². The van der Waals surface area contributed by atoms with Crippen LogP contribution in [-0.2, 0) is 0 Å². The number of rotatable bonds is 1. The van der Waals surface area contributed by atoms with Crippen molar-refractivity contribution in [2.45, 2.75) is 0 Å². The lowest BCUT2D eigenvalue weighted by Gasteiger charge is -1.96. The van der Waals surface area contributed by atoms with Gasteiger partial charge in [0.25, 0.3) is 0 Å². The number of hydrogen-bond acceptors (Lipinski definition) is 2. The molecule has 2 rings (SSSR count). The third-order valence-corrected chi connectivity index (χ3v) is 2.09. The lowest BCUT2D eigenvalue weighted by atomic mass is 10.1. The highest BCUT2D eigenvalue weighted by atomic mass is 16.4. The Hall–Kier alpha value is -2.16. The minimum Gasteiger partial charge on any atom is -0.478 e. The molecular weight excluding hydrogens is 190 g/mol. The first kappa shape index (κ1) is 9.40. The van der Waals surface area contributed by atoms with Gasteiger partial charge in [-0.15, -0.1) is 0 Å². The summed E-state index contributed by atoms with van der Waals surface area (Å²) in [6, 6.07) is 5.11. The minimum atomic E-state index is -0.957. The molecule has 0 aliphatic carbocycles. The number of carboxylic acids is 1. The Balaban J connectivity index is 2.85. The zero-order chi connectivity index (χ0) is 10.7. The highest BCUT2D eigenvalue weighted by molar-refractivity contribution is 5.87. The van der Waals surface area contributed by atoms with Crippen molar-refractivity contribution in [3.8, 4) is 0 Å². The molecule has 1 heterocycles. The molecule has 3 heteroatoms. The van der Waals surface area contributed by atoms with Gasteiger partial charge in [0.15, 0.2) is 0 Å². The summed E-state index contributed by atoms with van der Waals surface area (Å²) in [7, 11) is 0. The van der Waals surface area contributed by atoms with Crippen molar-refractivity contribution >= 4 is 12.0 Å². The molecule has 74 valence electrons. The average Bonchev–Trinajstić information content (AvgIpc) is 2.17. The Morgan fingerprint density at radius 3 is 2.87 bits per heavy atom. The van der Waals surface area contributed by atoms with Gasteiger partial charge in [0, 0.05) is 11.4 Å². The Morgan fingerprint density at radius 1 is 1.20 bits per heavy atom. The van der Waals surface area contributed by atoms with Crippen LogP contribution in [0.4, 0.5) is 0 Å². The van der Waals surface area contributed by atoms with Crippen LogP contribution in [0.1, 0.15) is 10.4 Å². The second kappa shape index (κ2) is 3.92. The lowest BCUT2D eigenvalue weighted by Crippen LogP contribution is -2.30. The van der Waals surface area contributed by atoms with Gasteiger partial charge in [-0.25, -0.2) is 4.79 Å². The van der Waals surface area contributed by atoms with Crippen molar-refractivity contribution in [1.82, 2.24) is 0 Å². The summed E-state index contributed by atoms with van der Waals surface area (Å²) in [6.07, 6.45) is 8.90. The molecule has 0 aromatic heterocycles. The Bertz CT molecular complexity index is 568. The first-order valence-corrected chi connectivity index (χ1v) is 4.53. The molecule has 0 fully saturated rings. The van der Waals surface area contributed by atoms with Crippen LogP contribution in [-0.4, -0.2) is 11.1 Å². The second-order valence-electron chi connectivity index (χ2n) is 3.07. The van der Waals surface area contributed by atoms with E-state index >= 15 is 0 Å². The molecule has 0 unspecified atom stereocenters. The molecule has 0 radical (unpaired) electrons. The van der Waals surface area contributed by atoms with Crippen LogP contribution >= 0.6 is 0 Å². The lowest BCUT2D eigenvalue weighted by molar-refractivity contribution is 0.0695. The van der Waals surface area contributed by atoms with E-state index in [-0.39, 0.29) is 5.56 Å². The van der Waals surface area contributed by atoms with Gasteiger partial charge in [-0.3, -0.25) is 4.99 Å². The molecule has 1 aromatic rings. The molecule has 0 atom stereocenters. The van der Waals surface area contributed by atoms with Gasteiger partial charge in [-0.05, 0) is 12.1 Å². The minimum absolute atomic E-state index is 0.226. The van der Waals surface area contributed by atoms with Crippen LogP contribution in [0.25, 0.3) is 6.08 Å². The van der Waals surface area contributed by atoms with E-state index < -0.39 is 5.97 Å². The number of carbonyl (C=O) groups is 1. The number of carboxylic acid groups (broad SMARTS) is 1. The monoisotopic (exact) mass is 199 g/mol. The van der Waals surface area contributed by atoms with Crippen molar-refractivity contribution in [3.05, 3.63) is 58.8 Å². The highest BCUT2D eigenvalue weighted by Gasteiger charge is 2.05. The molecule has 0 amide bonds. The summed E-state index contributed by atoms with van der Waals surface area (Å²) in [6.45, 7) is 0. The summed E-state index contributed by atoms with van der Waals surface area (Å²) < 4.78 is 0. The number of allylic oxidation sites excluding steroid dienone is 3. The topological polar surface area (TPSA) is 49.7 Å². The first-order chi connectivity index (χ1) is 7.29. The quantitative estimate of drug-likeness (QED) is 0.729. The van der Waals surface area contributed by atoms with Crippen LogP contribution in [0, 0.1) is 0 Å². The third kappa shape index (κ3) is 1.86. The van der Waals surface area contributed by atoms with Crippen LogP contribution in [0.2, 0.25) is 0 Å². The van der Waals surface area contributed by atoms with Crippen molar-refractivity contribution < 1.29 is 9.90 Å². The van der Waals surface area contributed by atoms with E-state index in [4.69, 9.17) is 5.11 Å². The molecule has 1 N–H and O–H groups in total. The number of aromatic carboxylic acids is 1. The molecule has 1 aliphatic heterocycles. The molecule has 1 aliphatic rings. The number of nitrogens with zero attached hydrogens (tertiary/aromatic N) is 1. The van der Waals surface area contributed by atoms with Crippen LogP contribution in [0.5, 0.6) is 0 Å². The van der Waals surface area contributed by atoms with Gasteiger partial charge >= 0.3 is 5.97 Å². The van der Waals surface area contributed by atoms with Gasteiger partial charge in [0.2, 0.25) is 0 Å². The maximum absolute atomic E-state index is 11.0. The van der Waals surface area contributed by atoms with Crippen LogP contribution in [0.15, 0.2) is 47.6 Å². The fraction of sp³-hybridized carbons (Fsp3) is 0. The molecule has 0 saturated heterocycles. The SMILES string of the molecule is O=C(O)c1cccc2c1=NC=CC=CC=2. The van der Waals surface area contributed by atoms with E-state index in [0.29, 0.717) is 5.36 Å². The molecule has 3 nitrogen and oxygen atoms in total. The molecule has 0 saturated carbocycles. The van der Waals surface area contributed by atoms with E-state index in [1.165, 1.54) is 0 Å². The van der Waals surface area contributed by atoms with Gasteiger partial charge in [0.05, 0.1) is 10.9 Å². The Morgan fingerprint density at radius 2 is 2.07 bits per heavy atom. The van der Waals surface area contributed by atoms with E-state index in [1.807, 2.05) is 24.3 Å². The van der Waals surface area contributed by atoms with Crippen molar-refractivity contribution in [3.63, 3.8) is 0 Å². The maximum atomic E-state index is 11.0. The van der Waals surface area contributed by atoms with E-state index in [9.17, 15) is 4.79 Å². The summed E-state index contributed by atoms with van der Waals surface area (Å²) >= 11 is 0. The van der Waals surface area contributed by atoms with Gasteiger partial charge in [0.1, 0.15) is 0 Å². The fourth-order valence-electron chi connectivity index (χ4n) is 1.40. The van der Waals surface area contributed by atoms with Gasteiger partial charge < -0.3 is 5.11 Å². The Kier molecular flexibility index (Phi) is 2.46.